The lowest BCUT2D eigenvalue weighted by atomic mass is 10.2. The molecule has 8 heteroatoms. The number of alkyl halides is 3. The molecule has 112 valence electrons. The van der Waals surface area contributed by atoms with Gasteiger partial charge >= 0.3 is 6.18 Å². The SMILES string of the molecule is Cc1nnc(CCC(=O)Nc2ccc(C(F)(F)F)cc2)o1. The number of aromatic nitrogens is 2. The monoisotopic (exact) mass is 299 g/mol. The highest BCUT2D eigenvalue weighted by Crippen LogP contribution is 2.29. The third-order valence-electron chi connectivity index (χ3n) is 2.63. The Morgan fingerprint density at radius 2 is 1.90 bits per heavy atom. The molecule has 0 bridgehead atoms. The molecule has 0 atom stereocenters. The fourth-order valence-electron chi connectivity index (χ4n) is 1.63. The van der Waals surface area contributed by atoms with E-state index in [9.17, 15) is 18.0 Å². The number of anilines is 1. The van der Waals surface area contributed by atoms with Gasteiger partial charge in [-0.1, -0.05) is 0 Å². The van der Waals surface area contributed by atoms with Gasteiger partial charge in [0.05, 0.1) is 5.56 Å². The van der Waals surface area contributed by atoms with Crippen LogP contribution in [0.1, 0.15) is 23.8 Å². The molecule has 0 aliphatic rings. The number of amides is 1. The highest BCUT2D eigenvalue weighted by Gasteiger charge is 2.29. The summed E-state index contributed by atoms with van der Waals surface area (Å²) in [5, 5.41) is 9.87. The van der Waals surface area contributed by atoms with Gasteiger partial charge in [-0.15, -0.1) is 10.2 Å². The highest BCUT2D eigenvalue weighted by atomic mass is 19.4. The van der Waals surface area contributed by atoms with Crippen molar-refractivity contribution in [3.8, 4) is 0 Å². The van der Waals surface area contributed by atoms with Crippen LogP contribution in [-0.2, 0) is 17.4 Å². The molecular weight excluding hydrogens is 287 g/mol. The number of benzene rings is 1. The van der Waals surface area contributed by atoms with E-state index in [0.717, 1.165) is 12.1 Å². The lowest BCUT2D eigenvalue weighted by Gasteiger charge is -2.08. The van der Waals surface area contributed by atoms with Crippen molar-refractivity contribution >= 4 is 11.6 Å². The van der Waals surface area contributed by atoms with Gasteiger partial charge in [-0.05, 0) is 24.3 Å². The number of aryl methyl sites for hydroxylation is 2. The van der Waals surface area contributed by atoms with Crippen molar-refractivity contribution in [1.82, 2.24) is 10.2 Å². The van der Waals surface area contributed by atoms with E-state index in [1.165, 1.54) is 12.1 Å². The molecule has 1 aromatic heterocycles. The lowest BCUT2D eigenvalue weighted by molar-refractivity contribution is -0.137. The molecule has 5 nitrogen and oxygen atoms in total. The number of carbonyl (C=O) groups excluding carboxylic acids is 1. The highest BCUT2D eigenvalue weighted by molar-refractivity contribution is 5.90. The third-order valence-corrected chi connectivity index (χ3v) is 2.63. The van der Waals surface area contributed by atoms with E-state index in [0.29, 0.717) is 17.5 Å². The van der Waals surface area contributed by atoms with Crippen LogP contribution in [0.3, 0.4) is 0 Å². The van der Waals surface area contributed by atoms with E-state index in [1.807, 2.05) is 0 Å². The Balaban J connectivity index is 1.88. The predicted octanol–water partition coefficient (Wildman–Crippen LogP) is 2.97. The number of hydrogen-bond donors (Lipinski definition) is 1. The minimum Gasteiger partial charge on any atom is -0.426 e. The van der Waals surface area contributed by atoms with Crippen LogP contribution in [-0.4, -0.2) is 16.1 Å². The topological polar surface area (TPSA) is 68.0 Å². The second-order valence-electron chi connectivity index (χ2n) is 4.34. The Morgan fingerprint density at radius 1 is 1.24 bits per heavy atom. The fraction of sp³-hybridized carbons (Fsp3) is 0.308. The van der Waals surface area contributed by atoms with Gasteiger partial charge in [-0.3, -0.25) is 4.79 Å². The van der Waals surface area contributed by atoms with E-state index in [1.54, 1.807) is 6.92 Å². The van der Waals surface area contributed by atoms with Crippen LogP contribution in [0.4, 0.5) is 18.9 Å². The molecule has 0 fully saturated rings. The predicted molar refractivity (Wildman–Crippen MR) is 67.4 cm³/mol. The molecule has 0 saturated carbocycles. The van der Waals surface area contributed by atoms with Gasteiger partial charge < -0.3 is 9.73 Å². The average molecular weight is 299 g/mol. The molecule has 0 radical (unpaired) electrons. The number of carbonyl (C=O) groups is 1. The Labute approximate surface area is 118 Å². The van der Waals surface area contributed by atoms with Gasteiger partial charge in [0.15, 0.2) is 0 Å². The number of nitrogens with one attached hydrogen (secondary N) is 1. The summed E-state index contributed by atoms with van der Waals surface area (Å²) in [5.41, 5.74) is -0.462. The molecule has 2 aromatic rings. The first-order valence-corrected chi connectivity index (χ1v) is 6.11. The minimum absolute atomic E-state index is 0.0999. The van der Waals surface area contributed by atoms with Gasteiger partial charge in [0.2, 0.25) is 17.7 Å². The molecule has 1 heterocycles. The molecule has 1 N–H and O–H groups in total. The number of rotatable bonds is 4. The largest absolute Gasteiger partial charge is 0.426 e. The summed E-state index contributed by atoms with van der Waals surface area (Å²) in [6, 6.07) is 4.24. The summed E-state index contributed by atoms with van der Waals surface area (Å²) in [6.45, 7) is 1.64. The molecule has 0 saturated heterocycles. The average Bonchev–Trinajstić information content (AvgIpc) is 2.82. The maximum Gasteiger partial charge on any atom is 0.416 e. The first-order valence-electron chi connectivity index (χ1n) is 6.11. The number of hydrogen-bond acceptors (Lipinski definition) is 4. The molecule has 0 aliphatic heterocycles. The van der Waals surface area contributed by atoms with Crippen LogP contribution in [0.5, 0.6) is 0 Å². The van der Waals surface area contributed by atoms with Crippen molar-refractivity contribution in [2.75, 3.05) is 5.32 Å². The molecule has 2 rings (SSSR count). The van der Waals surface area contributed by atoms with Gasteiger partial charge in [-0.2, -0.15) is 13.2 Å². The summed E-state index contributed by atoms with van der Waals surface area (Å²) in [6.07, 6.45) is -4.02. The van der Waals surface area contributed by atoms with E-state index < -0.39 is 11.7 Å². The molecule has 0 aliphatic carbocycles. The van der Waals surface area contributed by atoms with Crippen LogP contribution < -0.4 is 5.32 Å². The second-order valence-corrected chi connectivity index (χ2v) is 4.34. The summed E-state index contributed by atoms with van der Waals surface area (Å²) in [4.78, 5) is 11.7. The van der Waals surface area contributed by atoms with Crippen LogP contribution >= 0.6 is 0 Å². The fourth-order valence-corrected chi connectivity index (χ4v) is 1.63. The molecule has 0 unspecified atom stereocenters. The first-order chi connectivity index (χ1) is 9.84. The lowest BCUT2D eigenvalue weighted by Crippen LogP contribution is -2.13. The standard InChI is InChI=1S/C13H12F3N3O2/c1-8-18-19-12(21-8)7-6-11(20)17-10-4-2-9(3-5-10)13(14,15)16/h2-5H,6-7H2,1H3,(H,17,20). The summed E-state index contributed by atoms with van der Waals surface area (Å²) in [5.74, 6) is 0.411. The Bertz CT molecular complexity index is 620. The number of nitrogens with zero attached hydrogens (tertiary/aromatic N) is 2. The Kier molecular flexibility index (Phi) is 4.25. The summed E-state index contributed by atoms with van der Waals surface area (Å²) >= 11 is 0. The van der Waals surface area contributed by atoms with E-state index in [2.05, 4.69) is 15.5 Å². The zero-order chi connectivity index (χ0) is 15.5. The molecule has 21 heavy (non-hydrogen) atoms. The van der Waals surface area contributed by atoms with Gasteiger partial charge in [0.25, 0.3) is 0 Å². The Morgan fingerprint density at radius 3 is 2.43 bits per heavy atom. The molecule has 0 spiro atoms. The van der Waals surface area contributed by atoms with Crippen molar-refractivity contribution in [2.24, 2.45) is 0 Å². The van der Waals surface area contributed by atoms with Crippen molar-refractivity contribution in [3.05, 3.63) is 41.6 Å². The van der Waals surface area contributed by atoms with E-state index in [4.69, 9.17) is 4.42 Å². The van der Waals surface area contributed by atoms with Crippen molar-refractivity contribution in [1.29, 1.82) is 0 Å². The molecular formula is C13H12F3N3O2. The first kappa shape index (κ1) is 15.0. The number of halogens is 3. The quantitative estimate of drug-likeness (QED) is 0.942. The van der Waals surface area contributed by atoms with Gasteiger partial charge in [0, 0.05) is 25.5 Å². The minimum atomic E-state index is -4.39. The zero-order valence-corrected chi connectivity index (χ0v) is 11.1. The van der Waals surface area contributed by atoms with E-state index in [-0.39, 0.29) is 18.7 Å². The summed E-state index contributed by atoms with van der Waals surface area (Å²) < 4.78 is 42.3. The Hall–Kier alpha value is -2.38. The zero-order valence-electron chi connectivity index (χ0n) is 11.1. The van der Waals surface area contributed by atoms with Crippen LogP contribution in [0.2, 0.25) is 0 Å². The van der Waals surface area contributed by atoms with Crippen LogP contribution in [0.15, 0.2) is 28.7 Å². The van der Waals surface area contributed by atoms with Crippen molar-refractivity contribution < 1.29 is 22.4 Å². The summed E-state index contributed by atoms with van der Waals surface area (Å²) in [7, 11) is 0. The maximum absolute atomic E-state index is 12.4. The molecule has 1 aromatic carbocycles. The maximum atomic E-state index is 12.4. The smallest absolute Gasteiger partial charge is 0.416 e. The van der Waals surface area contributed by atoms with E-state index >= 15 is 0 Å². The third kappa shape index (κ3) is 4.30. The normalized spacial score (nSPS) is 11.4. The second kappa shape index (κ2) is 5.94. The van der Waals surface area contributed by atoms with Gasteiger partial charge in [0.1, 0.15) is 0 Å². The van der Waals surface area contributed by atoms with Crippen molar-refractivity contribution in [3.63, 3.8) is 0 Å². The van der Waals surface area contributed by atoms with Crippen LogP contribution in [0.25, 0.3) is 0 Å². The molecule has 1 amide bonds. The van der Waals surface area contributed by atoms with Crippen LogP contribution in [0, 0.1) is 6.92 Å². The van der Waals surface area contributed by atoms with Gasteiger partial charge in [-0.25, -0.2) is 0 Å². The van der Waals surface area contributed by atoms with Crippen molar-refractivity contribution in [2.45, 2.75) is 25.9 Å².